The standard InChI is InChI=1S/C21H28ClN3O2/c1-20(2,3)17-8-7-14(22)11-16(17)18-9-10-23-25(18)15-12-24(13-15)19(26)27-21(4,5)6/h7-11,15H,12-13H2,1-6H3. The third kappa shape index (κ3) is 4.29. The number of likely N-dealkylation sites (tertiary alicyclic amines) is 1. The summed E-state index contributed by atoms with van der Waals surface area (Å²) in [5.41, 5.74) is 2.83. The molecule has 0 spiro atoms. The summed E-state index contributed by atoms with van der Waals surface area (Å²) in [5.74, 6) is 0. The molecule has 1 aromatic heterocycles. The van der Waals surface area contributed by atoms with Crippen molar-refractivity contribution in [2.75, 3.05) is 13.1 Å². The van der Waals surface area contributed by atoms with E-state index in [1.807, 2.05) is 43.7 Å². The molecule has 0 bridgehead atoms. The van der Waals surface area contributed by atoms with Crippen LogP contribution in [0, 0.1) is 0 Å². The molecule has 1 fully saturated rings. The molecule has 0 aliphatic carbocycles. The zero-order valence-corrected chi connectivity index (χ0v) is 17.7. The van der Waals surface area contributed by atoms with E-state index >= 15 is 0 Å². The summed E-state index contributed by atoms with van der Waals surface area (Å²) in [6, 6.07) is 8.16. The molecule has 1 aliphatic heterocycles. The van der Waals surface area contributed by atoms with Gasteiger partial charge in [0.2, 0.25) is 0 Å². The molecule has 6 heteroatoms. The van der Waals surface area contributed by atoms with Gasteiger partial charge in [0.05, 0.1) is 11.7 Å². The Balaban J connectivity index is 1.83. The lowest BCUT2D eigenvalue weighted by Gasteiger charge is -2.40. The fraction of sp³-hybridized carbons (Fsp3) is 0.524. The Hall–Kier alpha value is -2.01. The molecule has 2 aromatic rings. The zero-order valence-electron chi connectivity index (χ0n) is 16.9. The van der Waals surface area contributed by atoms with Crippen molar-refractivity contribution in [1.82, 2.24) is 14.7 Å². The number of nitrogens with zero attached hydrogens (tertiary/aromatic N) is 3. The number of halogens is 1. The van der Waals surface area contributed by atoms with E-state index in [9.17, 15) is 4.79 Å². The van der Waals surface area contributed by atoms with Crippen LogP contribution in [0.15, 0.2) is 30.5 Å². The molecule has 0 atom stereocenters. The summed E-state index contributed by atoms with van der Waals surface area (Å²) >= 11 is 6.29. The minimum Gasteiger partial charge on any atom is -0.444 e. The minimum absolute atomic E-state index is 0.0167. The van der Waals surface area contributed by atoms with Crippen LogP contribution in [0.2, 0.25) is 5.02 Å². The summed E-state index contributed by atoms with van der Waals surface area (Å²) in [6.45, 7) is 13.4. The van der Waals surface area contributed by atoms with Gasteiger partial charge >= 0.3 is 6.09 Å². The van der Waals surface area contributed by atoms with Gasteiger partial charge in [-0.3, -0.25) is 4.68 Å². The first-order chi connectivity index (χ1) is 12.5. The number of hydrogen-bond acceptors (Lipinski definition) is 3. The summed E-state index contributed by atoms with van der Waals surface area (Å²) in [7, 11) is 0. The molecule has 0 saturated carbocycles. The number of amides is 1. The van der Waals surface area contributed by atoms with E-state index in [-0.39, 0.29) is 17.6 Å². The highest BCUT2D eigenvalue weighted by Crippen LogP contribution is 2.37. The molecule has 146 valence electrons. The summed E-state index contributed by atoms with van der Waals surface area (Å²) in [6.07, 6.45) is 1.53. The molecule has 27 heavy (non-hydrogen) atoms. The van der Waals surface area contributed by atoms with Crippen molar-refractivity contribution in [3.05, 3.63) is 41.0 Å². The Kier molecular flexibility index (Phi) is 5.02. The molecule has 0 unspecified atom stereocenters. The van der Waals surface area contributed by atoms with Crippen LogP contribution in [0.25, 0.3) is 11.3 Å². The summed E-state index contributed by atoms with van der Waals surface area (Å²) in [5, 5.41) is 5.23. The Morgan fingerprint density at radius 2 is 1.81 bits per heavy atom. The average Bonchev–Trinajstić information content (AvgIpc) is 2.91. The Morgan fingerprint density at radius 1 is 1.15 bits per heavy atom. The van der Waals surface area contributed by atoms with Crippen molar-refractivity contribution in [1.29, 1.82) is 0 Å². The highest BCUT2D eigenvalue weighted by Gasteiger charge is 2.36. The SMILES string of the molecule is CC(C)(C)OC(=O)N1CC(n2nccc2-c2cc(Cl)ccc2C(C)(C)C)C1. The van der Waals surface area contributed by atoms with Crippen LogP contribution < -0.4 is 0 Å². The molecule has 1 aliphatic rings. The van der Waals surface area contributed by atoms with Crippen LogP contribution >= 0.6 is 11.6 Å². The van der Waals surface area contributed by atoms with Gasteiger partial charge in [0, 0.05) is 29.9 Å². The van der Waals surface area contributed by atoms with Crippen LogP contribution in [-0.2, 0) is 10.2 Å². The lowest BCUT2D eigenvalue weighted by Crippen LogP contribution is -2.52. The van der Waals surface area contributed by atoms with Gasteiger partial charge < -0.3 is 9.64 Å². The first-order valence-electron chi connectivity index (χ1n) is 9.27. The predicted octanol–water partition coefficient (Wildman–Crippen LogP) is 5.29. The minimum atomic E-state index is -0.485. The smallest absolute Gasteiger partial charge is 0.410 e. The van der Waals surface area contributed by atoms with Gasteiger partial charge in [-0.1, -0.05) is 38.4 Å². The lowest BCUT2D eigenvalue weighted by molar-refractivity contribution is -0.000178. The van der Waals surface area contributed by atoms with Crippen molar-refractivity contribution in [3.8, 4) is 11.3 Å². The van der Waals surface area contributed by atoms with Gasteiger partial charge in [-0.05, 0) is 49.9 Å². The second-order valence-electron chi connectivity index (χ2n) is 9.14. The normalized spacial score (nSPS) is 15.6. The van der Waals surface area contributed by atoms with Crippen LogP contribution in [0.4, 0.5) is 4.79 Å². The monoisotopic (exact) mass is 389 g/mol. The topological polar surface area (TPSA) is 47.4 Å². The second kappa shape index (κ2) is 6.86. The van der Waals surface area contributed by atoms with Gasteiger partial charge in [0.1, 0.15) is 5.60 Å². The number of carbonyl (C=O) groups excluding carboxylic acids is 1. The maximum atomic E-state index is 12.2. The van der Waals surface area contributed by atoms with Crippen molar-refractivity contribution in [2.24, 2.45) is 0 Å². The third-order valence-corrected chi connectivity index (χ3v) is 4.83. The Morgan fingerprint density at radius 3 is 2.41 bits per heavy atom. The number of benzene rings is 1. The number of aromatic nitrogens is 2. The van der Waals surface area contributed by atoms with Gasteiger partial charge in [-0.2, -0.15) is 5.10 Å². The van der Waals surface area contributed by atoms with E-state index in [1.54, 1.807) is 11.1 Å². The van der Waals surface area contributed by atoms with Crippen LogP contribution in [0.1, 0.15) is 53.1 Å². The summed E-state index contributed by atoms with van der Waals surface area (Å²) in [4.78, 5) is 13.9. The fourth-order valence-electron chi connectivity index (χ4n) is 3.29. The molecular formula is C21H28ClN3O2. The van der Waals surface area contributed by atoms with Gasteiger partial charge in [-0.15, -0.1) is 0 Å². The highest BCUT2D eigenvalue weighted by atomic mass is 35.5. The number of rotatable bonds is 2. The Bertz CT molecular complexity index is 840. The van der Waals surface area contributed by atoms with Gasteiger partial charge in [0.15, 0.2) is 0 Å². The molecule has 2 heterocycles. The molecule has 1 amide bonds. The van der Waals surface area contributed by atoms with E-state index in [0.29, 0.717) is 18.1 Å². The first-order valence-corrected chi connectivity index (χ1v) is 9.65. The van der Waals surface area contributed by atoms with Crippen LogP contribution in [0.3, 0.4) is 0 Å². The van der Waals surface area contributed by atoms with Crippen LogP contribution in [0.5, 0.6) is 0 Å². The van der Waals surface area contributed by atoms with E-state index in [2.05, 4.69) is 31.9 Å². The van der Waals surface area contributed by atoms with Crippen molar-refractivity contribution >= 4 is 17.7 Å². The van der Waals surface area contributed by atoms with Gasteiger partial charge in [0.25, 0.3) is 0 Å². The molecule has 3 rings (SSSR count). The number of carbonyl (C=O) groups is 1. The number of ether oxygens (including phenoxy) is 1. The van der Waals surface area contributed by atoms with Crippen molar-refractivity contribution in [2.45, 2.75) is 58.6 Å². The molecule has 0 radical (unpaired) electrons. The maximum absolute atomic E-state index is 12.2. The van der Waals surface area contributed by atoms with E-state index < -0.39 is 5.60 Å². The molecule has 1 saturated heterocycles. The molecular weight excluding hydrogens is 362 g/mol. The van der Waals surface area contributed by atoms with Gasteiger partial charge in [-0.25, -0.2) is 4.79 Å². The summed E-state index contributed by atoms with van der Waals surface area (Å²) < 4.78 is 7.44. The van der Waals surface area contributed by atoms with E-state index in [1.165, 1.54) is 5.56 Å². The quantitative estimate of drug-likeness (QED) is 0.700. The molecule has 1 aromatic carbocycles. The zero-order chi connectivity index (χ0) is 20.0. The lowest BCUT2D eigenvalue weighted by atomic mass is 9.83. The first kappa shape index (κ1) is 19.7. The van der Waals surface area contributed by atoms with Crippen molar-refractivity contribution in [3.63, 3.8) is 0 Å². The second-order valence-corrected chi connectivity index (χ2v) is 9.58. The molecule has 0 N–H and O–H groups in total. The predicted molar refractivity (Wildman–Crippen MR) is 108 cm³/mol. The van der Waals surface area contributed by atoms with E-state index in [0.717, 1.165) is 11.3 Å². The van der Waals surface area contributed by atoms with Crippen molar-refractivity contribution < 1.29 is 9.53 Å². The largest absolute Gasteiger partial charge is 0.444 e. The maximum Gasteiger partial charge on any atom is 0.410 e. The highest BCUT2D eigenvalue weighted by molar-refractivity contribution is 6.30. The fourth-order valence-corrected chi connectivity index (χ4v) is 3.46. The average molecular weight is 390 g/mol. The number of hydrogen-bond donors (Lipinski definition) is 0. The Labute approximate surface area is 166 Å². The third-order valence-electron chi connectivity index (χ3n) is 4.60. The van der Waals surface area contributed by atoms with Crippen LogP contribution in [-0.4, -0.2) is 39.5 Å². The van der Waals surface area contributed by atoms with E-state index in [4.69, 9.17) is 16.3 Å². The molecule has 5 nitrogen and oxygen atoms in total.